The lowest BCUT2D eigenvalue weighted by molar-refractivity contribution is -0.153. The number of nitrogens with one attached hydrogen (secondary N) is 1. The van der Waals surface area contributed by atoms with Crippen molar-refractivity contribution in [2.45, 2.75) is 45.6 Å². The van der Waals surface area contributed by atoms with Gasteiger partial charge in [-0.1, -0.05) is 13.8 Å². The number of carbonyl (C=O) groups is 1. The van der Waals surface area contributed by atoms with Gasteiger partial charge in [0.1, 0.15) is 0 Å². The highest BCUT2D eigenvalue weighted by atomic mass is 32.1. The van der Waals surface area contributed by atoms with Gasteiger partial charge in [0.05, 0.1) is 6.10 Å². The monoisotopic (exact) mass is 298 g/mol. The number of carbonyl (C=O) groups excluding carboxylic acids is 1. The van der Waals surface area contributed by atoms with Gasteiger partial charge in [-0.3, -0.25) is 19.1 Å². The van der Waals surface area contributed by atoms with E-state index in [1.54, 1.807) is 10.8 Å². The number of H-pyrrole nitrogens is 1. The molecule has 1 unspecified atom stereocenters. The first-order valence-electron chi connectivity index (χ1n) is 6.58. The minimum absolute atomic E-state index is 0.0156. The molecular formula is C13H18N2O4S. The van der Waals surface area contributed by atoms with Crippen molar-refractivity contribution < 1.29 is 14.3 Å². The van der Waals surface area contributed by atoms with E-state index in [1.807, 2.05) is 13.8 Å². The molecule has 7 heteroatoms. The first-order chi connectivity index (χ1) is 9.43. The van der Waals surface area contributed by atoms with Crippen molar-refractivity contribution in [2.75, 3.05) is 0 Å². The Labute approximate surface area is 121 Å². The molecule has 1 aromatic heterocycles. The smallest absolute Gasteiger partial charge is 0.303 e. The standard InChI is InChI=1S/C13H18N2O4S/c1-4-9-7(2)11(18-8(3)16)12(19-9)15-6-5-10(17)14-13(15)20/h5-7,9,11-12H,4H2,1-3H3,(H,14,17,20)/t7-,9+,11?,12+/m0/s1. The summed E-state index contributed by atoms with van der Waals surface area (Å²) in [6.45, 7) is 5.37. The normalized spacial score (nSPS) is 29.4. The van der Waals surface area contributed by atoms with E-state index in [9.17, 15) is 9.59 Å². The molecule has 1 aliphatic heterocycles. The van der Waals surface area contributed by atoms with Gasteiger partial charge in [0.2, 0.25) is 0 Å². The summed E-state index contributed by atoms with van der Waals surface area (Å²) < 4.78 is 13.2. The summed E-state index contributed by atoms with van der Waals surface area (Å²) in [4.78, 5) is 25.1. The topological polar surface area (TPSA) is 73.3 Å². The number of ether oxygens (including phenoxy) is 2. The highest BCUT2D eigenvalue weighted by Gasteiger charge is 2.44. The van der Waals surface area contributed by atoms with Crippen LogP contribution < -0.4 is 5.56 Å². The molecule has 0 spiro atoms. The number of aromatic amines is 1. The Morgan fingerprint density at radius 2 is 2.30 bits per heavy atom. The zero-order chi connectivity index (χ0) is 14.9. The maximum atomic E-state index is 11.3. The lowest BCUT2D eigenvalue weighted by atomic mass is 9.98. The maximum Gasteiger partial charge on any atom is 0.303 e. The highest BCUT2D eigenvalue weighted by Crippen LogP contribution is 2.37. The average Bonchev–Trinajstić information content (AvgIpc) is 2.66. The molecule has 1 aromatic rings. The highest BCUT2D eigenvalue weighted by molar-refractivity contribution is 7.71. The van der Waals surface area contributed by atoms with Crippen LogP contribution in [0.5, 0.6) is 0 Å². The average molecular weight is 298 g/mol. The number of nitrogens with zero attached hydrogens (tertiary/aromatic N) is 1. The predicted molar refractivity (Wildman–Crippen MR) is 74.8 cm³/mol. The molecule has 6 nitrogen and oxygen atoms in total. The Balaban J connectivity index is 2.39. The Morgan fingerprint density at radius 3 is 2.85 bits per heavy atom. The molecule has 2 rings (SSSR count). The summed E-state index contributed by atoms with van der Waals surface area (Å²) in [5, 5.41) is 0. The maximum absolute atomic E-state index is 11.3. The zero-order valence-corrected chi connectivity index (χ0v) is 12.5. The largest absolute Gasteiger partial charge is 0.457 e. The van der Waals surface area contributed by atoms with Crippen LogP contribution in [0.3, 0.4) is 0 Å². The van der Waals surface area contributed by atoms with Gasteiger partial charge in [0, 0.05) is 25.1 Å². The first-order valence-corrected chi connectivity index (χ1v) is 6.99. The predicted octanol–water partition coefficient (Wildman–Crippen LogP) is 1.78. The van der Waals surface area contributed by atoms with Crippen LogP contribution in [0.2, 0.25) is 0 Å². The molecule has 0 saturated carbocycles. The number of rotatable bonds is 3. The van der Waals surface area contributed by atoms with E-state index >= 15 is 0 Å². The summed E-state index contributed by atoms with van der Waals surface area (Å²) in [6, 6.07) is 1.37. The van der Waals surface area contributed by atoms with Gasteiger partial charge in [-0.05, 0) is 18.6 Å². The van der Waals surface area contributed by atoms with E-state index in [0.29, 0.717) is 0 Å². The molecule has 0 aromatic carbocycles. The third kappa shape index (κ3) is 2.83. The van der Waals surface area contributed by atoms with Crippen molar-refractivity contribution in [3.05, 3.63) is 27.4 Å². The van der Waals surface area contributed by atoms with Gasteiger partial charge in [-0.25, -0.2) is 0 Å². The minimum atomic E-state index is -0.511. The van der Waals surface area contributed by atoms with Gasteiger partial charge in [-0.2, -0.15) is 0 Å². The molecule has 1 saturated heterocycles. The van der Waals surface area contributed by atoms with Gasteiger partial charge in [0.15, 0.2) is 17.1 Å². The summed E-state index contributed by atoms with van der Waals surface area (Å²) in [7, 11) is 0. The third-order valence-corrected chi connectivity index (χ3v) is 3.84. The first kappa shape index (κ1) is 14.9. The van der Waals surface area contributed by atoms with Gasteiger partial charge in [0.25, 0.3) is 5.56 Å². The lowest BCUT2D eigenvalue weighted by Crippen LogP contribution is -2.30. The van der Waals surface area contributed by atoms with Crippen molar-refractivity contribution in [1.29, 1.82) is 0 Å². The summed E-state index contributed by atoms with van der Waals surface area (Å²) in [5.41, 5.74) is -0.270. The quantitative estimate of drug-likeness (QED) is 0.680. The molecule has 110 valence electrons. The second-order valence-electron chi connectivity index (χ2n) is 4.92. The third-order valence-electron chi connectivity index (χ3n) is 3.53. The van der Waals surface area contributed by atoms with Crippen molar-refractivity contribution >= 4 is 18.2 Å². The fourth-order valence-corrected chi connectivity index (χ4v) is 2.79. The Bertz CT molecular complexity index is 609. The molecule has 20 heavy (non-hydrogen) atoms. The number of hydrogen-bond acceptors (Lipinski definition) is 5. The fourth-order valence-electron chi connectivity index (χ4n) is 2.53. The second kappa shape index (κ2) is 5.88. The van der Waals surface area contributed by atoms with Crippen LogP contribution in [0, 0.1) is 10.7 Å². The number of aromatic nitrogens is 2. The van der Waals surface area contributed by atoms with Crippen LogP contribution in [0.1, 0.15) is 33.4 Å². The van der Waals surface area contributed by atoms with Crippen LogP contribution in [0.4, 0.5) is 0 Å². The number of hydrogen-bond donors (Lipinski definition) is 1. The van der Waals surface area contributed by atoms with E-state index in [4.69, 9.17) is 21.7 Å². The molecule has 1 fully saturated rings. The molecule has 0 radical (unpaired) electrons. The van der Waals surface area contributed by atoms with Gasteiger partial charge in [-0.15, -0.1) is 0 Å². The van der Waals surface area contributed by atoms with Crippen LogP contribution >= 0.6 is 12.2 Å². The van der Waals surface area contributed by atoms with Gasteiger partial charge < -0.3 is 9.47 Å². The van der Waals surface area contributed by atoms with E-state index < -0.39 is 12.3 Å². The van der Waals surface area contributed by atoms with Crippen molar-refractivity contribution in [3.8, 4) is 0 Å². The van der Waals surface area contributed by atoms with E-state index in [2.05, 4.69) is 4.98 Å². The summed E-state index contributed by atoms with van der Waals surface area (Å²) in [5.74, 6) is -0.300. The fraction of sp³-hybridized carbons (Fsp3) is 0.615. The number of esters is 1. The van der Waals surface area contributed by atoms with Crippen molar-refractivity contribution in [3.63, 3.8) is 0 Å². The summed E-state index contributed by atoms with van der Waals surface area (Å²) in [6.07, 6.45) is 1.43. The molecule has 2 heterocycles. The van der Waals surface area contributed by atoms with E-state index in [0.717, 1.165) is 6.42 Å². The van der Waals surface area contributed by atoms with Crippen molar-refractivity contribution in [2.24, 2.45) is 5.92 Å². The molecule has 1 aliphatic rings. The zero-order valence-electron chi connectivity index (χ0n) is 11.7. The van der Waals surface area contributed by atoms with E-state index in [-0.39, 0.29) is 28.3 Å². The van der Waals surface area contributed by atoms with Crippen LogP contribution in [0.25, 0.3) is 0 Å². The Hall–Kier alpha value is -1.47. The van der Waals surface area contributed by atoms with Crippen molar-refractivity contribution in [1.82, 2.24) is 9.55 Å². The summed E-state index contributed by atoms with van der Waals surface area (Å²) >= 11 is 5.14. The molecule has 0 amide bonds. The molecule has 4 atom stereocenters. The van der Waals surface area contributed by atoms with Gasteiger partial charge >= 0.3 is 5.97 Å². The minimum Gasteiger partial charge on any atom is -0.457 e. The Morgan fingerprint density at radius 1 is 1.60 bits per heavy atom. The van der Waals surface area contributed by atoms with Crippen LogP contribution in [-0.4, -0.2) is 27.7 Å². The SMILES string of the molecule is CC[C@H]1O[C@@H](n2ccc(=O)[nH]c2=S)C(OC(C)=O)[C@H]1C. The lowest BCUT2D eigenvalue weighted by Gasteiger charge is -2.22. The van der Waals surface area contributed by atoms with Crippen LogP contribution in [0.15, 0.2) is 17.1 Å². The molecule has 1 N–H and O–H groups in total. The molecule has 0 bridgehead atoms. The Kier molecular flexibility index (Phi) is 4.39. The second-order valence-corrected chi connectivity index (χ2v) is 5.31. The van der Waals surface area contributed by atoms with Crippen LogP contribution in [-0.2, 0) is 14.3 Å². The molecule has 0 aliphatic carbocycles. The van der Waals surface area contributed by atoms with E-state index in [1.165, 1.54) is 13.0 Å². The molecular weight excluding hydrogens is 280 g/mol.